The topological polar surface area (TPSA) is 94.5 Å². The molecule has 1 N–H and O–H groups in total. The smallest absolute Gasteiger partial charge is 0.457 e. The van der Waals surface area contributed by atoms with Crippen molar-refractivity contribution in [1.29, 1.82) is 0 Å². The molecule has 2 saturated heterocycles. The Morgan fingerprint density at radius 1 is 1.15 bits per heavy atom. The van der Waals surface area contributed by atoms with Crippen LogP contribution in [0.1, 0.15) is 58.9 Å². The molecule has 0 aliphatic carbocycles. The lowest BCUT2D eigenvalue weighted by Gasteiger charge is -2.39. The highest BCUT2D eigenvalue weighted by Gasteiger charge is 2.57. The van der Waals surface area contributed by atoms with E-state index in [1.165, 1.54) is 12.0 Å². The van der Waals surface area contributed by atoms with Crippen molar-refractivity contribution in [3.05, 3.63) is 35.9 Å². The number of carbonyl (C=O) groups is 2. The van der Waals surface area contributed by atoms with Gasteiger partial charge in [0, 0.05) is 19.6 Å². The van der Waals surface area contributed by atoms with E-state index in [-0.39, 0.29) is 32.7 Å². The third-order valence-electron chi connectivity index (χ3n) is 7.61. The molecule has 2 atom stereocenters. The van der Waals surface area contributed by atoms with E-state index in [0.717, 1.165) is 12.0 Å². The first-order chi connectivity index (χ1) is 16.1. The first-order valence-corrected chi connectivity index (χ1v) is 12.1. The zero-order chi connectivity index (χ0) is 25.0. The van der Waals surface area contributed by atoms with Crippen molar-refractivity contribution in [1.82, 2.24) is 4.90 Å². The molecule has 2 heterocycles. The fourth-order valence-electron chi connectivity index (χ4n) is 5.06. The zero-order valence-electron chi connectivity index (χ0n) is 21.0. The van der Waals surface area contributed by atoms with E-state index in [1.807, 2.05) is 58.0 Å². The fraction of sp³-hybridized carbons (Fsp3) is 0.680. The maximum atomic E-state index is 13.1. The van der Waals surface area contributed by atoms with Gasteiger partial charge in [0.15, 0.2) is 0 Å². The third kappa shape index (κ3) is 5.26. The van der Waals surface area contributed by atoms with Gasteiger partial charge in [-0.05, 0) is 58.3 Å². The van der Waals surface area contributed by atoms with Crippen LogP contribution in [0.15, 0.2) is 30.3 Å². The largest absolute Gasteiger partial charge is 0.467 e. The molecule has 8 nitrogen and oxygen atoms in total. The van der Waals surface area contributed by atoms with Crippen LogP contribution in [0.5, 0.6) is 0 Å². The minimum absolute atomic E-state index is 0.0985. The van der Waals surface area contributed by atoms with Gasteiger partial charge in [-0.1, -0.05) is 36.8 Å². The molecule has 2 aliphatic heterocycles. The van der Waals surface area contributed by atoms with Crippen LogP contribution in [-0.4, -0.2) is 66.2 Å². The Balaban J connectivity index is 1.68. The van der Waals surface area contributed by atoms with Crippen LogP contribution in [0.2, 0.25) is 6.32 Å². The van der Waals surface area contributed by atoms with Gasteiger partial charge in [0.1, 0.15) is 12.1 Å². The van der Waals surface area contributed by atoms with E-state index < -0.39 is 28.8 Å². The number of esters is 1. The predicted octanol–water partition coefficient (Wildman–Crippen LogP) is 3.81. The fourth-order valence-corrected chi connectivity index (χ4v) is 5.06. The molecule has 1 amide bonds. The van der Waals surface area contributed by atoms with Gasteiger partial charge in [0.25, 0.3) is 0 Å². The Morgan fingerprint density at radius 3 is 2.38 bits per heavy atom. The molecule has 0 aromatic heterocycles. The number of carbonyl (C=O) groups excluding carboxylic acids is 2. The quantitative estimate of drug-likeness (QED) is 0.429. The number of amides is 1. The van der Waals surface area contributed by atoms with Crippen molar-refractivity contribution in [2.24, 2.45) is 5.92 Å². The molecule has 0 saturated carbocycles. The summed E-state index contributed by atoms with van der Waals surface area (Å²) in [5.41, 5.74) is -1.18. The SMILES string of the molecule is COC(=O)C1(CCO)C(CCCB2OC(C)(C)C(C)(C)O2)CCN1C(=O)OCc1ccccc1. The van der Waals surface area contributed by atoms with Crippen molar-refractivity contribution in [2.75, 3.05) is 20.3 Å². The molecule has 1 aromatic carbocycles. The van der Waals surface area contributed by atoms with Crippen molar-refractivity contribution < 1.29 is 33.5 Å². The molecule has 188 valence electrons. The summed E-state index contributed by atoms with van der Waals surface area (Å²) in [4.78, 5) is 27.6. The van der Waals surface area contributed by atoms with E-state index in [0.29, 0.717) is 25.7 Å². The van der Waals surface area contributed by atoms with Crippen LogP contribution < -0.4 is 0 Å². The minimum Gasteiger partial charge on any atom is -0.467 e. The lowest BCUT2D eigenvalue weighted by atomic mass is 9.75. The first kappa shape index (κ1) is 26.5. The summed E-state index contributed by atoms with van der Waals surface area (Å²) in [5, 5.41) is 9.85. The monoisotopic (exact) mass is 475 g/mol. The van der Waals surface area contributed by atoms with E-state index in [4.69, 9.17) is 18.8 Å². The highest BCUT2D eigenvalue weighted by molar-refractivity contribution is 6.45. The van der Waals surface area contributed by atoms with E-state index in [2.05, 4.69) is 0 Å². The van der Waals surface area contributed by atoms with Crippen molar-refractivity contribution in [3.8, 4) is 0 Å². The Labute approximate surface area is 203 Å². The van der Waals surface area contributed by atoms with Crippen LogP contribution in [0.25, 0.3) is 0 Å². The second kappa shape index (κ2) is 10.7. The lowest BCUT2D eigenvalue weighted by Crippen LogP contribution is -2.57. The van der Waals surface area contributed by atoms with Gasteiger partial charge in [0.05, 0.1) is 18.3 Å². The summed E-state index contributed by atoms with van der Waals surface area (Å²) in [6.07, 6.45) is 2.25. The summed E-state index contributed by atoms with van der Waals surface area (Å²) in [5.74, 6) is -0.685. The second-order valence-corrected chi connectivity index (χ2v) is 10.2. The standard InChI is InChI=1S/C25H38BNO7/c1-23(2)24(3,4)34-26(33-23)15-9-12-20-13-16-27(25(20,14-17-28)21(29)31-5)22(30)32-18-19-10-7-6-8-11-19/h6-8,10-11,20,28H,9,12-18H2,1-5H3. The molecule has 9 heteroatoms. The Hall–Kier alpha value is -2.10. The number of aliphatic hydroxyl groups is 1. The Kier molecular flexibility index (Phi) is 8.32. The number of hydrogen-bond donors (Lipinski definition) is 1. The number of nitrogens with zero attached hydrogens (tertiary/aromatic N) is 1. The number of ether oxygens (including phenoxy) is 2. The van der Waals surface area contributed by atoms with Gasteiger partial charge in [0.2, 0.25) is 0 Å². The van der Waals surface area contributed by atoms with Gasteiger partial charge in [-0.3, -0.25) is 4.90 Å². The van der Waals surface area contributed by atoms with Crippen molar-refractivity contribution in [2.45, 2.75) is 83.0 Å². The molecule has 2 unspecified atom stereocenters. The molecular formula is C25H38BNO7. The number of rotatable bonds is 9. The van der Waals surface area contributed by atoms with Crippen LogP contribution >= 0.6 is 0 Å². The van der Waals surface area contributed by atoms with Gasteiger partial charge in [-0.25, -0.2) is 9.59 Å². The third-order valence-corrected chi connectivity index (χ3v) is 7.61. The Morgan fingerprint density at radius 2 is 1.79 bits per heavy atom. The number of aliphatic hydroxyl groups excluding tert-OH is 1. The van der Waals surface area contributed by atoms with Crippen LogP contribution in [-0.2, 0) is 30.2 Å². The first-order valence-electron chi connectivity index (χ1n) is 12.1. The van der Waals surface area contributed by atoms with Gasteiger partial charge in [-0.15, -0.1) is 0 Å². The molecule has 2 aliphatic rings. The van der Waals surface area contributed by atoms with Gasteiger partial charge in [-0.2, -0.15) is 0 Å². The minimum atomic E-state index is -1.26. The second-order valence-electron chi connectivity index (χ2n) is 10.2. The summed E-state index contributed by atoms with van der Waals surface area (Å²) in [6.45, 7) is 8.31. The number of methoxy groups -OCH3 is 1. The normalized spacial score (nSPS) is 25.4. The molecule has 3 rings (SSSR count). The van der Waals surface area contributed by atoms with Crippen LogP contribution in [0.4, 0.5) is 4.79 Å². The zero-order valence-corrected chi connectivity index (χ0v) is 21.0. The molecule has 34 heavy (non-hydrogen) atoms. The Bertz CT molecular complexity index is 831. The van der Waals surface area contributed by atoms with Crippen molar-refractivity contribution >= 4 is 19.2 Å². The van der Waals surface area contributed by atoms with Crippen LogP contribution in [0, 0.1) is 5.92 Å². The van der Waals surface area contributed by atoms with E-state index in [1.54, 1.807) is 0 Å². The molecule has 0 radical (unpaired) electrons. The van der Waals surface area contributed by atoms with E-state index >= 15 is 0 Å². The average Bonchev–Trinajstić information content (AvgIpc) is 3.26. The maximum absolute atomic E-state index is 13.1. The summed E-state index contributed by atoms with van der Waals surface area (Å²) in [7, 11) is 0.998. The number of likely N-dealkylation sites (tertiary alicyclic amines) is 1. The highest BCUT2D eigenvalue weighted by Crippen LogP contribution is 2.43. The summed E-state index contributed by atoms with van der Waals surface area (Å²) >= 11 is 0. The highest BCUT2D eigenvalue weighted by atomic mass is 16.7. The van der Waals surface area contributed by atoms with Crippen LogP contribution in [0.3, 0.4) is 0 Å². The lowest BCUT2D eigenvalue weighted by molar-refractivity contribution is -0.156. The maximum Gasteiger partial charge on any atom is 0.457 e. The molecular weight excluding hydrogens is 437 g/mol. The van der Waals surface area contributed by atoms with Crippen molar-refractivity contribution in [3.63, 3.8) is 0 Å². The molecule has 0 bridgehead atoms. The predicted molar refractivity (Wildman–Crippen MR) is 128 cm³/mol. The molecule has 2 fully saturated rings. The summed E-state index contributed by atoms with van der Waals surface area (Å²) in [6, 6.07) is 9.39. The number of benzene rings is 1. The summed E-state index contributed by atoms with van der Waals surface area (Å²) < 4.78 is 22.9. The molecule has 0 spiro atoms. The van der Waals surface area contributed by atoms with Gasteiger partial charge >= 0.3 is 19.2 Å². The average molecular weight is 475 g/mol. The molecule has 1 aromatic rings. The van der Waals surface area contributed by atoms with Gasteiger partial charge < -0.3 is 23.9 Å². The number of hydrogen-bond acceptors (Lipinski definition) is 7. The van der Waals surface area contributed by atoms with E-state index in [9.17, 15) is 14.7 Å².